The van der Waals surface area contributed by atoms with E-state index in [1.165, 1.54) is 0 Å². The Morgan fingerprint density at radius 1 is 1.41 bits per heavy atom. The third kappa shape index (κ3) is 2.11. The second-order valence-electron chi connectivity index (χ2n) is 5.50. The molecule has 0 saturated carbocycles. The molecule has 0 spiro atoms. The van der Waals surface area contributed by atoms with Crippen LogP contribution < -0.4 is 5.32 Å². The van der Waals surface area contributed by atoms with Gasteiger partial charge < -0.3 is 10.3 Å². The first kappa shape index (κ1) is 14.4. The Bertz CT molecular complexity index is 883. The third-order valence-corrected chi connectivity index (χ3v) is 3.94. The number of rotatable bonds is 3. The van der Waals surface area contributed by atoms with Gasteiger partial charge in [-0.25, -0.2) is 4.98 Å². The lowest BCUT2D eigenvalue weighted by atomic mass is 10.1. The summed E-state index contributed by atoms with van der Waals surface area (Å²) in [6, 6.07) is 2.23. The lowest BCUT2D eigenvalue weighted by Gasteiger charge is -2.15. The van der Waals surface area contributed by atoms with Crippen molar-refractivity contribution in [1.29, 1.82) is 5.26 Å². The first-order valence-corrected chi connectivity index (χ1v) is 7.16. The number of hydrogen-bond donors (Lipinski definition) is 2. The number of H-pyrrole nitrogens is 1. The summed E-state index contributed by atoms with van der Waals surface area (Å²) in [7, 11) is 1.84. The molecule has 0 amide bonds. The predicted octanol–water partition coefficient (Wildman–Crippen LogP) is 3.38. The zero-order valence-corrected chi connectivity index (χ0v) is 13.2. The van der Waals surface area contributed by atoms with Crippen LogP contribution in [0.5, 0.6) is 0 Å². The van der Waals surface area contributed by atoms with Crippen LogP contribution in [0.25, 0.3) is 22.2 Å². The van der Waals surface area contributed by atoms with Crippen LogP contribution in [-0.4, -0.2) is 26.8 Å². The molecule has 6 nitrogen and oxygen atoms in total. The molecule has 0 fully saturated rings. The van der Waals surface area contributed by atoms with Gasteiger partial charge in [0.25, 0.3) is 0 Å². The molecule has 3 rings (SSSR count). The summed E-state index contributed by atoms with van der Waals surface area (Å²) in [5.74, 6) is 0. The van der Waals surface area contributed by atoms with Crippen LogP contribution >= 0.6 is 11.6 Å². The zero-order chi connectivity index (χ0) is 15.9. The molecule has 0 aliphatic rings. The van der Waals surface area contributed by atoms with Gasteiger partial charge in [0.15, 0.2) is 0 Å². The maximum Gasteiger partial charge on any atom is 0.143 e. The molecule has 0 atom stereocenters. The average molecular weight is 315 g/mol. The summed E-state index contributed by atoms with van der Waals surface area (Å²) in [5, 5.41) is 18.2. The van der Waals surface area contributed by atoms with Crippen LogP contribution in [0.3, 0.4) is 0 Å². The fraction of sp³-hybridized carbons (Fsp3) is 0.267. The Labute approximate surface area is 132 Å². The molecule has 112 valence electrons. The molecule has 0 unspecified atom stereocenters. The standard InChI is InChI=1S/C15H15ClN6/c1-15(2,8-17)22-7-9(4-21-22)10-5-19-14-12(13(10)18-3)11(16)6-20-14/h4-7H,1-3H3,(H2,18,19,20). The van der Waals surface area contributed by atoms with Crippen molar-refractivity contribution in [2.24, 2.45) is 0 Å². The van der Waals surface area contributed by atoms with Crippen LogP contribution in [0.1, 0.15) is 13.8 Å². The smallest absolute Gasteiger partial charge is 0.143 e. The number of aromatic amines is 1. The van der Waals surface area contributed by atoms with E-state index in [2.05, 4.69) is 26.5 Å². The largest absolute Gasteiger partial charge is 0.387 e. The number of nitrogens with zero attached hydrogens (tertiary/aromatic N) is 4. The van der Waals surface area contributed by atoms with Crippen LogP contribution in [-0.2, 0) is 5.54 Å². The highest BCUT2D eigenvalue weighted by atomic mass is 35.5. The third-order valence-electron chi connectivity index (χ3n) is 3.64. The minimum atomic E-state index is -0.707. The Morgan fingerprint density at radius 2 is 2.18 bits per heavy atom. The van der Waals surface area contributed by atoms with Gasteiger partial charge in [0.05, 0.1) is 28.4 Å². The summed E-state index contributed by atoms with van der Waals surface area (Å²) in [5.41, 5.74) is 2.66. The molecule has 3 heterocycles. The van der Waals surface area contributed by atoms with Crippen molar-refractivity contribution in [1.82, 2.24) is 19.7 Å². The number of nitrogens with one attached hydrogen (secondary N) is 2. The Balaban J connectivity index is 2.19. The van der Waals surface area contributed by atoms with E-state index in [1.807, 2.05) is 27.1 Å². The van der Waals surface area contributed by atoms with Gasteiger partial charge in [0.1, 0.15) is 11.2 Å². The van der Waals surface area contributed by atoms with Crippen molar-refractivity contribution in [2.75, 3.05) is 12.4 Å². The highest BCUT2D eigenvalue weighted by molar-refractivity contribution is 6.36. The molecule has 0 saturated heterocycles. The van der Waals surface area contributed by atoms with Gasteiger partial charge in [-0.3, -0.25) is 4.68 Å². The van der Waals surface area contributed by atoms with Gasteiger partial charge in [0, 0.05) is 36.8 Å². The highest BCUT2D eigenvalue weighted by Gasteiger charge is 2.22. The second kappa shape index (κ2) is 5.04. The molecular weight excluding hydrogens is 300 g/mol. The van der Waals surface area contributed by atoms with E-state index in [1.54, 1.807) is 23.3 Å². The van der Waals surface area contributed by atoms with Crippen molar-refractivity contribution in [3.63, 3.8) is 0 Å². The number of hydrogen-bond acceptors (Lipinski definition) is 4. The molecule has 0 radical (unpaired) electrons. The molecule has 3 aromatic rings. The molecule has 0 aliphatic carbocycles. The number of fused-ring (bicyclic) bond motifs is 1. The lowest BCUT2D eigenvalue weighted by molar-refractivity contribution is 0.419. The van der Waals surface area contributed by atoms with Crippen molar-refractivity contribution in [2.45, 2.75) is 19.4 Å². The minimum absolute atomic E-state index is 0.610. The molecule has 0 bridgehead atoms. The lowest BCUT2D eigenvalue weighted by Crippen LogP contribution is -2.24. The maximum absolute atomic E-state index is 9.22. The Morgan fingerprint density at radius 3 is 2.86 bits per heavy atom. The minimum Gasteiger partial charge on any atom is -0.387 e. The van der Waals surface area contributed by atoms with Crippen LogP contribution in [0.15, 0.2) is 24.8 Å². The van der Waals surface area contributed by atoms with Gasteiger partial charge >= 0.3 is 0 Å². The van der Waals surface area contributed by atoms with E-state index in [9.17, 15) is 5.26 Å². The first-order valence-electron chi connectivity index (χ1n) is 6.78. The van der Waals surface area contributed by atoms with E-state index < -0.39 is 5.54 Å². The first-order chi connectivity index (χ1) is 10.5. The summed E-state index contributed by atoms with van der Waals surface area (Å²) < 4.78 is 1.64. The van der Waals surface area contributed by atoms with Crippen molar-refractivity contribution < 1.29 is 0 Å². The van der Waals surface area contributed by atoms with Gasteiger partial charge in [-0.2, -0.15) is 10.4 Å². The van der Waals surface area contributed by atoms with E-state index in [0.717, 1.165) is 27.8 Å². The maximum atomic E-state index is 9.22. The summed E-state index contributed by atoms with van der Waals surface area (Å²) in [6.07, 6.45) is 7.05. The number of nitriles is 1. The van der Waals surface area contributed by atoms with Crippen LogP contribution in [0.2, 0.25) is 5.02 Å². The number of aromatic nitrogens is 4. The number of anilines is 1. The molecule has 7 heteroatoms. The summed E-state index contributed by atoms with van der Waals surface area (Å²) in [4.78, 5) is 7.43. The quantitative estimate of drug-likeness (QED) is 0.776. The van der Waals surface area contributed by atoms with Gasteiger partial charge in [-0.15, -0.1) is 0 Å². The Hall–Kier alpha value is -2.52. The van der Waals surface area contributed by atoms with Crippen molar-refractivity contribution in [3.05, 3.63) is 29.8 Å². The fourth-order valence-corrected chi connectivity index (χ4v) is 2.59. The van der Waals surface area contributed by atoms with Gasteiger partial charge in [-0.1, -0.05) is 11.6 Å². The topological polar surface area (TPSA) is 82.3 Å². The highest BCUT2D eigenvalue weighted by Crippen LogP contribution is 2.37. The Kier molecular flexibility index (Phi) is 3.30. The predicted molar refractivity (Wildman–Crippen MR) is 86.8 cm³/mol. The molecule has 0 aliphatic heterocycles. The van der Waals surface area contributed by atoms with Crippen LogP contribution in [0, 0.1) is 11.3 Å². The number of halogens is 1. The molecule has 0 aromatic carbocycles. The van der Waals surface area contributed by atoms with E-state index in [-0.39, 0.29) is 0 Å². The SMILES string of the molecule is CNc1c(-c2cnn(C(C)(C)C#N)c2)cnc2[nH]cc(Cl)c12. The summed E-state index contributed by atoms with van der Waals surface area (Å²) >= 11 is 6.24. The second-order valence-corrected chi connectivity index (χ2v) is 5.91. The zero-order valence-electron chi connectivity index (χ0n) is 12.5. The van der Waals surface area contributed by atoms with E-state index >= 15 is 0 Å². The molecule has 2 N–H and O–H groups in total. The molecular formula is C15H15ClN6. The van der Waals surface area contributed by atoms with E-state index in [4.69, 9.17) is 11.6 Å². The van der Waals surface area contributed by atoms with Crippen molar-refractivity contribution in [3.8, 4) is 17.2 Å². The fourth-order valence-electron chi connectivity index (χ4n) is 2.35. The number of pyridine rings is 1. The van der Waals surface area contributed by atoms with E-state index in [0.29, 0.717) is 5.02 Å². The molecule has 3 aromatic heterocycles. The summed E-state index contributed by atoms with van der Waals surface area (Å²) in [6.45, 7) is 3.63. The van der Waals surface area contributed by atoms with Gasteiger partial charge in [0.2, 0.25) is 0 Å². The molecule has 22 heavy (non-hydrogen) atoms. The van der Waals surface area contributed by atoms with Gasteiger partial charge in [-0.05, 0) is 13.8 Å². The normalized spacial score (nSPS) is 11.6. The van der Waals surface area contributed by atoms with Crippen molar-refractivity contribution >= 4 is 28.3 Å². The average Bonchev–Trinajstić information content (AvgIpc) is 3.14. The monoisotopic (exact) mass is 314 g/mol. The van der Waals surface area contributed by atoms with Crippen LogP contribution in [0.4, 0.5) is 5.69 Å².